The highest BCUT2D eigenvalue weighted by atomic mass is 32.2. The molecule has 1 saturated heterocycles. The fourth-order valence-corrected chi connectivity index (χ4v) is 3.49. The summed E-state index contributed by atoms with van der Waals surface area (Å²) >= 11 is 6.53. The quantitative estimate of drug-likeness (QED) is 0.680. The maximum absolute atomic E-state index is 12.3. The summed E-state index contributed by atoms with van der Waals surface area (Å²) in [6.07, 6.45) is 1.77. The summed E-state index contributed by atoms with van der Waals surface area (Å²) in [6, 6.07) is 5.04. The highest BCUT2D eigenvalue weighted by molar-refractivity contribution is 8.26. The molecule has 6 heteroatoms. The number of amides is 1. The van der Waals surface area contributed by atoms with Crippen LogP contribution in [0.25, 0.3) is 6.08 Å². The number of thioether (sulfide) groups is 1. The van der Waals surface area contributed by atoms with Crippen LogP contribution in [0.3, 0.4) is 0 Å². The molecular formula is C15H17NO3S2. The summed E-state index contributed by atoms with van der Waals surface area (Å²) in [5.41, 5.74) is 0.792. The highest BCUT2D eigenvalue weighted by Gasteiger charge is 2.33. The monoisotopic (exact) mass is 323 g/mol. The first-order chi connectivity index (χ1) is 9.93. The Kier molecular flexibility index (Phi) is 4.90. The van der Waals surface area contributed by atoms with Gasteiger partial charge in [0.25, 0.3) is 5.91 Å². The van der Waals surface area contributed by atoms with E-state index in [1.54, 1.807) is 29.2 Å². The number of carbonyl (C=O) groups excluding carboxylic acids is 1. The van der Waals surface area contributed by atoms with Crippen molar-refractivity contribution in [1.82, 2.24) is 4.90 Å². The van der Waals surface area contributed by atoms with Gasteiger partial charge in [-0.3, -0.25) is 9.69 Å². The van der Waals surface area contributed by atoms with E-state index >= 15 is 0 Å². The van der Waals surface area contributed by atoms with Crippen LogP contribution in [-0.2, 0) is 4.79 Å². The van der Waals surface area contributed by atoms with Gasteiger partial charge in [0.05, 0.1) is 11.5 Å². The summed E-state index contributed by atoms with van der Waals surface area (Å²) in [5.74, 6) is 0.417. The first kappa shape index (κ1) is 15.9. The molecule has 0 unspecified atom stereocenters. The number of hydrogen-bond acceptors (Lipinski definition) is 5. The number of carbonyl (C=O) groups is 1. The molecule has 0 aliphatic carbocycles. The molecule has 1 aliphatic rings. The van der Waals surface area contributed by atoms with Crippen LogP contribution in [0.1, 0.15) is 26.3 Å². The molecule has 21 heavy (non-hydrogen) atoms. The molecule has 1 aliphatic heterocycles. The molecular weight excluding hydrogens is 306 g/mol. The Bertz CT molecular complexity index is 611. The van der Waals surface area contributed by atoms with Crippen LogP contribution < -0.4 is 4.74 Å². The minimum Gasteiger partial charge on any atom is -0.504 e. The number of phenols is 1. The van der Waals surface area contributed by atoms with Crippen LogP contribution in [0.15, 0.2) is 23.1 Å². The van der Waals surface area contributed by atoms with Crippen LogP contribution in [0.2, 0.25) is 0 Å². The van der Waals surface area contributed by atoms with E-state index in [1.165, 1.54) is 11.8 Å². The zero-order chi connectivity index (χ0) is 15.6. The molecule has 0 radical (unpaired) electrons. The third-order valence-corrected chi connectivity index (χ3v) is 4.25. The topological polar surface area (TPSA) is 49.8 Å². The molecule has 0 aromatic heterocycles. The van der Waals surface area contributed by atoms with Gasteiger partial charge >= 0.3 is 0 Å². The Morgan fingerprint density at radius 3 is 2.76 bits per heavy atom. The summed E-state index contributed by atoms with van der Waals surface area (Å²) in [6.45, 7) is 6.18. The van der Waals surface area contributed by atoms with Gasteiger partial charge in [0.15, 0.2) is 11.5 Å². The van der Waals surface area contributed by atoms with Crippen molar-refractivity contribution in [3.05, 3.63) is 28.7 Å². The SMILES string of the molecule is CCOc1cc(/C=C2/SC(=S)N(C(C)C)C2=O)ccc1O. The lowest BCUT2D eigenvalue weighted by Gasteiger charge is -2.18. The predicted octanol–water partition coefficient (Wildman–Crippen LogP) is 3.40. The van der Waals surface area contributed by atoms with Gasteiger partial charge < -0.3 is 9.84 Å². The maximum atomic E-state index is 12.3. The first-order valence-corrected chi connectivity index (χ1v) is 7.89. The van der Waals surface area contributed by atoms with Crippen LogP contribution in [0.4, 0.5) is 0 Å². The molecule has 1 N–H and O–H groups in total. The van der Waals surface area contributed by atoms with E-state index in [2.05, 4.69) is 0 Å². The smallest absolute Gasteiger partial charge is 0.266 e. The van der Waals surface area contributed by atoms with Crippen molar-refractivity contribution < 1.29 is 14.6 Å². The Hall–Kier alpha value is -1.53. The van der Waals surface area contributed by atoms with Gasteiger partial charge in [0, 0.05) is 6.04 Å². The molecule has 1 amide bonds. The molecule has 0 bridgehead atoms. The van der Waals surface area contributed by atoms with E-state index in [9.17, 15) is 9.90 Å². The van der Waals surface area contributed by atoms with E-state index in [0.717, 1.165) is 5.56 Å². The summed E-state index contributed by atoms with van der Waals surface area (Å²) in [4.78, 5) is 14.5. The van der Waals surface area contributed by atoms with E-state index in [4.69, 9.17) is 17.0 Å². The van der Waals surface area contributed by atoms with Crippen molar-refractivity contribution >= 4 is 40.3 Å². The minimum absolute atomic E-state index is 0.0437. The summed E-state index contributed by atoms with van der Waals surface area (Å²) < 4.78 is 5.92. The molecule has 1 aromatic carbocycles. The lowest BCUT2D eigenvalue weighted by Crippen LogP contribution is -2.34. The number of ether oxygens (including phenoxy) is 1. The Morgan fingerprint density at radius 1 is 1.48 bits per heavy atom. The van der Waals surface area contributed by atoms with Crippen molar-refractivity contribution in [2.24, 2.45) is 0 Å². The van der Waals surface area contributed by atoms with E-state index in [1.807, 2.05) is 20.8 Å². The molecule has 4 nitrogen and oxygen atoms in total. The number of rotatable bonds is 4. The maximum Gasteiger partial charge on any atom is 0.266 e. The number of phenolic OH excluding ortho intramolecular Hbond substituents is 1. The molecule has 1 aromatic rings. The molecule has 0 spiro atoms. The van der Waals surface area contributed by atoms with Gasteiger partial charge in [-0.1, -0.05) is 30.0 Å². The Labute approximate surface area is 133 Å². The second-order valence-corrected chi connectivity index (χ2v) is 6.48. The summed E-state index contributed by atoms with van der Waals surface area (Å²) in [7, 11) is 0. The molecule has 0 atom stereocenters. The van der Waals surface area contributed by atoms with Gasteiger partial charge in [-0.05, 0) is 44.5 Å². The third kappa shape index (κ3) is 3.39. The fraction of sp³-hybridized carbons (Fsp3) is 0.333. The van der Waals surface area contributed by atoms with Gasteiger partial charge in [0.2, 0.25) is 0 Å². The first-order valence-electron chi connectivity index (χ1n) is 6.67. The normalized spacial score (nSPS) is 17.1. The standard InChI is InChI=1S/C15H17NO3S2/c1-4-19-12-7-10(5-6-11(12)17)8-13-14(18)16(9(2)3)15(20)21-13/h5-9,17H,4H2,1-3H3/b13-8+. The van der Waals surface area contributed by atoms with E-state index in [0.29, 0.717) is 21.6 Å². The van der Waals surface area contributed by atoms with Gasteiger partial charge in [-0.15, -0.1) is 0 Å². The van der Waals surface area contributed by atoms with E-state index < -0.39 is 0 Å². The Balaban J connectivity index is 2.30. The second-order valence-electron chi connectivity index (χ2n) is 4.81. The molecule has 112 valence electrons. The zero-order valence-corrected chi connectivity index (χ0v) is 13.8. The third-order valence-electron chi connectivity index (χ3n) is 2.92. The highest BCUT2D eigenvalue weighted by Crippen LogP contribution is 2.35. The number of thiocarbonyl (C=S) groups is 1. The average molecular weight is 323 g/mol. The lowest BCUT2D eigenvalue weighted by atomic mass is 10.2. The molecule has 0 saturated carbocycles. The lowest BCUT2D eigenvalue weighted by molar-refractivity contribution is -0.123. The van der Waals surface area contributed by atoms with Crippen LogP contribution in [0, 0.1) is 0 Å². The van der Waals surface area contributed by atoms with Gasteiger partial charge in [0.1, 0.15) is 4.32 Å². The van der Waals surface area contributed by atoms with E-state index in [-0.39, 0.29) is 17.7 Å². The van der Waals surface area contributed by atoms with Crippen LogP contribution in [0.5, 0.6) is 11.5 Å². The van der Waals surface area contributed by atoms with Crippen molar-refractivity contribution in [3.8, 4) is 11.5 Å². The fourth-order valence-electron chi connectivity index (χ4n) is 1.97. The van der Waals surface area contributed by atoms with Gasteiger partial charge in [-0.25, -0.2) is 0 Å². The largest absolute Gasteiger partial charge is 0.504 e. The molecule has 2 rings (SSSR count). The average Bonchev–Trinajstić information content (AvgIpc) is 2.68. The molecule has 1 heterocycles. The van der Waals surface area contributed by atoms with Crippen molar-refractivity contribution in [3.63, 3.8) is 0 Å². The van der Waals surface area contributed by atoms with Crippen molar-refractivity contribution in [1.29, 1.82) is 0 Å². The van der Waals surface area contributed by atoms with Crippen molar-refractivity contribution in [2.75, 3.05) is 6.61 Å². The summed E-state index contributed by atoms with van der Waals surface area (Å²) in [5, 5.41) is 9.69. The number of aromatic hydroxyl groups is 1. The molecule has 1 fully saturated rings. The Morgan fingerprint density at radius 2 is 2.19 bits per heavy atom. The van der Waals surface area contributed by atoms with Crippen LogP contribution >= 0.6 is 24.0 Å². The number of nitrogens with zero attached hydrogens (tertiary/aromatic N) is 1. The zero-order valence-electron chi connectivity index (χ0n) is 12.1. The van der Waals surface area contributed by atoms with Crippen LogP contribution in [-0.4, -0.2) is 32.9 Å². The second kappa shape index (κ2) is 6.49. The predicted molar refractivity (Wildman–Crippen MR) is 89.4 cm³/mol. The minimum atomic E-state index is -0.0777. The van der Waals surface area contributed by atoms with Crippen molar-refractivity contribution in [2.45, 2.75) is 26.8 Å². The van der Waals surface area contributed by atoms with Gasteiger partial charge in [-0.2, -0.15) is 0 Å². The number of benzene rings is 1. The number of hydrogen-bond donors (Lipinski definition) is 1.